The molecule has 1 aromatic rings. The molecule has 3 aliphatic carbocycles. The van der Waals surface area contributed by atoms with Gasteiger partial charge in [-0.3, -0.25) is 19.3 Å². The quantitative estimate of drug-likeness (QED) is 0.368. The van der Waals surface area contributed by atoms with E-state index >= 15 is 0 Å². The number of anilines is 1. The van der Waals surface area contributed by atoms with Crippen molar-refractivity contribution in [2.24, 2.45) is 17.6 Å². The summed E-state index contributed by atoms with van der Waals surface area (Å²) in [6, 6.07) is 2.26. The van der Waals surface area contributed by atoms with E-state index in [0.29, 0.717) is 11.3 Å². The maximum Gasteiger partial charge on any atom is 0.255 e. The van der Waals surface area contributed by atoms with E-state index in [4.69, 9.17) is 5.73 Å². The number of amides is 1. The fourth-order valence-electron chi connectivity index (χ4n) is 5.78. The van der Waals surface area contributed by atoms with E-state index in [-0.39, 0.29) is 29.5 Å². The van der Waals surface area contributed by atoms with E-state index in [0.717, 1.165) is 0 Å². The standard InChI is InChI=1S/C24H26N4O7/c1-27(2)13-7-10(8-25)18(29)15-11(13)5-9-6-12-17(28(3)4)20(31)16(23(26)34)22(33)24(12,35)21(32)14(9)19(15)30/h7,9,12,17,29,31-32,35H,5-6H2,1-4H3,(H2,26,34)/t9-,12-,17-,24-/m0/s1. The van der Waals surface area contributed by atoms with Gasteiger partial charge in [0.15, 0.2) is 11.4 Å². The molecule has 0 spiro atoms. The molecule has 4 atom stereocenters. The Kier molecular flexibility index (Phi) is 5.42. The summed E-state index contributed by atoms with van der Waals surface area (Å²) in [6.45, 7) is 0. The minimum absolute atomic E-state index is 0.000601. The number of hydrogen-bond donors (Lipinski definition) is 5. The molecular weight excluding hydrogens is 456 g/mol. The highest BCUT2D eigenvalue weighted by Gasteiger charge is 2.63. The highest BCUT2D eigenvalue weighted by molar-refractivity contribution is 6.25. The molecule has 11 nitrogen and oxygen atoms in total. The first-order chi connectivity index (χ1) is 16.3. The number of allylic oxidation sites excluding steroid dienone is 1. The van der Waals surface area contributed by atoms with Crippen molar-refractivity contribution >= 4 is 23.2 Å². The number of phenols is 1. The van der Waals surface area contributed by atoms with Crippen LogP contribution in [0.25, 0.3) is 0 Å². The summed E-state index contributed by atoms with van der Waals surface area (Å²) in [4.78, 5) is 42.1. The van der Waals surface area contributed by atoms with Crippen molar-refractivity contribution in [2.75, 3.05) is 33.1 Å². The van der Waals surface area contributed by atoms with Crippen LogP contribution >= 0.6 is 0 Å². The first-order valence-corrected chi connectivity index (χ1v) is 10.9. The van der Waals surface area contributed by atoms with Gasteiger partial charge in [-0.15, -0.1) is 0 Å². The van der Waals surface area contributed by atoms with Gasteiger partial charge in [-0.25, -0.2) is 0 Å². The Morgan fingerprint density at radius 1 is 1.20 bits per heavy atom. The number of nitrogens with zero attached hydrogens (tertiary/aromatic N) is 3. The first kappa shape index (κ1) is 24.3. The predicted molar refractivity (Wildman–Crippen MR) is 123 cm³/mol. The maximum absolute atomic E-state index is 13.7. The van der Waals surface area contributed by atoms with E-state index in [9.17, 15) is 40.1 Å². The monoisotopic (exact) mass is 482 g/mol. The van der Waals surface area contributed by atoms with Gasteiger partial charge in [0, 0.05) is 31.3 Å². The minimum Gasteiger partial charge on any atom is -0.510 e. The molecule has 0 fully saturated rings. The number of nitrogens with two attached hydrogens (primary N) is 1. The molecule has 6 N–H and O–H groups in total. The third-order valence-electron chi connectivity index (χ3n) is 7.30. The zero-order valence-corrected chi connectivity index (χ0v) is 19.7. The van der Waals surface area contributed by atoms with Crippen molar-refractivity contribution in [2.45, 2.75) is 24.5 Å². The lowest BCUT2D eigenvalue weighted by Crippen LogP contribution is -2.63. The molecule has 0 unspecified atom stereocenters. The van der Waals surface area contributed by atoms with Crippen molar-refractivity contribution in [3.8, 4) is 11.8 Å². The van der Waals surface area contributed by atoms with Crippen molar-refractivity contribution in [1.82, 2.24) is 4.90 Å². The molecule has 35 heavy (non-hydrogen) atoms. The van der Waals surface area contributed by atoms with Crippen LogP contribution in [0.4, 0.5) is 5.69 Å². The van der Waals surface area contributed by atoms with Crippen molar-refractivity contribution in [3.05, 3.63) is 45.4 Å². The third kappa shape index (κ3) is 3.07. The molecule has 11 heteroatoms. The van der Waals surface area contributed by atoms with E-state index in [1.807, 2.05) is 6.07 Å². The summed E-state index contributed by atoms with van der Waals surface area (Å²) in [6.07, 6.45) is 0.153. The van der Waals surface area contributed by atoms with Crippen molar-refractivity contribution in [1.29, 1.82) is 5.26 Å². The van der Waals surface area contributed by atoms with Gasteiger partial charge in [-0.05, 0) is 44.5 Å². The van der Waals surface area contributed by atoms with Crippen LogP contribution < -0.4 is 10.6 Å². The number of ketones is 2. The smallest absolute Gasteiger partial charge is 0.255 e. The van der Waals surface area contributed by atoms with Crippen LogP contribution in [-0.4, -0.2) is 82.6 Å². The molecule has 0 saturated carbocycles. The Hall–Kier alpha value is -3.88. The average Bonchev–Trinajstić information content (AvgIpc) is 2.75. The summed E-state index contributed by atoms with van der Waals surface area (Å²) < 4.78 is 0. The lowest BCUT2D eigenvalue weighted by molar-refractivity contribution is -0.148. The molecular formula is C24H26N4O7. The van der Waals surface area contributed by atoms with Gasteiger partial charge < -0.3 is 31.1 Å². The summed E-state index contributed by atoms with van der Waals surface area (Å²) >= 11 is 0. The van der Waals surface area contributed by atoms with Crippen LogP contribution in [0.2, 0.25) is 0 Å². The Morgan fingerprint density at radius 2 is 1.83 bits per heavy atom. The van der Waals surface area contributed by atoms with Crippen LogP contribution in [0.3, 0.4) is 0 Å². The highest BCUT2D eigenvalue weighted by atomic mass is 16.3. The average molecular weight is 482 g/mol. The Balaban J connectivity index is 2.01. The van der Waals surface area contributed by atoms with Crippen LogP contribution in [0.5, 0.6) is 5.75 Å². The lowest BCUT2D eigenvalue weighted by atomic mass is 9.58. The van der Waals surface area contributed by atoms with Crippen molar-refractivity contribution < 1.29 is 34.8 Å². The number of benzene rings is 1. The number of fused-ring (bicyclic) bond motifs is 3. The minimum atomic E-state index is -2.70. The molecule has 0 aliphatic heterocycles. The molecule has 0 radical (unpaired) electrons. The number of nitriles is 1. The van der Waals surface area contributed by atoms with Crippen LogP contribution in [-0.2, 0) is 16.0 Å². The largest absolute Gasteiger partial charge is 0.510 e. The zero-order chi connectivity index (χ0) is 26.1. The number of hydrogen-bond acceptors (Lipinski definition) is 10. The zero-order valence-electron chi connectivity index (χ0n) is 19.7. The fourth-order valence-corrected chi connectivity index (χ4v) is 5.78. The van der Waals surface area contributed by atoms with Gasteiger partial charge in [-0.1, -0.05) is 0 Å². The molecule has 0 heterocycles. The number of carbonyl (C=O) groups excluding carboxylic acids is 3. The maximum atomic E-state index is 13.7. The number of phenolic OH excluding ortho intramolecular Hbond substituents is 1. The highest BCUT2D eigenvalue weighted by Crippen LogP contribution is 2.53. The second kappa shape index (κ2) is 7.83. The number of aliphatic hydroxyl groups excluding tert-OH is 2. The summed E-state index contributed by atoms with van der Waals surface area (Å²) in [5.41, 5.74) is 2.16. The van der Waals surface area contributed by atoms with E-state index < -0.39 is 63.8 Å². The number of rotatable bonds is 3. The van der Waals surface area contributed by atoms with Gasteiger partial charge in [0.2, 0.25) is 5.78 Å². The van der Waals surface area contributed by atoms with Crippen LogP contribution in [0, 0.1) is 23.2 Å². The van der Waals surface area contributed by atoms with Crippen LogP contribution in [0.15, 0.2) is 28.7 Å². The second-order valence-electron chi connectivity index (χ2n) is 9.61. The van der Waals surface area contributed by atoms with E-state index in [1.54, 1.807) is 33.1 Å². The molecule has 4 rings (SSSR count). The Bertz CT molecular complexity index is 1300. The number of carbonyl (C=O) groups is 3. The molecule has 1 amide bonds. The SMILES string of the molecule is CN(C)c1cc(C#N)c(O)c2c1C[C@H]1C[C@H]3[C@H](N(C)C)C(O)=C(C(N)=O)C(=O)[C@@]3(O)C(O)=C1C2=O. The molecule has 1 aromatic carbocycles. The van der Waals surface area contributed by atoms with Gasteiger partial charge in [0.25, 0.3) is 5.91 Å². The Morgan fingerprint density at radius 3 is 2.34 bits per heavy atom. The number of likely N-dealkylation sites (N-methyl/N-ethyl adjacent to an activating group) is 1. The summed E-state index contributed by atoms with van der Waals surface area (Å²) in [5.74, 6) is -7.28. The Labute approximate surface area is 201 Å². The number of Topliss-reactive ketones (excluding diaryl/α,β-unsaturated/α-hetero) is 2. The van der Waals surface area contributed by atoms with Gasteiger partial charge >= 0.3 is 0 Å². The topological polar surface area (TPSA) is 188 Å². The van der Waals surface area contributed by atoms with E-state index in [2.05, 4.69) is 0 Å². The lowest BCUT2D eigenvalue weighted by Gasteiger charge is -2.50. The number of primary amides is 1. The van der Waals surface area contributed by atoms with Crippen LogP contribution in [0.1, 0.15) is 27.9 Å². The summed E-state index contributed by atoms with van der Waals surface area (Å²) in [7, 11) is 6.57. The third-order valence-corrected chi connectivity index (χ3v) is 7.30. The number of aliphatic hydroxyl groups is 3. The first-order valence-electron chi connectivity index (χ1n) is 10.9. The molecule has 3 aliphatic rings. The van der Waals surface area contributed by atoms with Crippen molar-refractivity contribution in [3.63, 3.8) is 0 Å². The van der Waals surface area contributed by atoms with Gasteiger partial charge in [0.05, 0.1) is 17.2 Å². The number of aromatic hydroxyl groups is 1. The normalized spacial score (nSPS) is 27.9. The summed E-state index contributed by atoms with van der Waals surface area (Å²) in [5, 5.41) is 53.8. The van der Waals surface area contributed by atoms with Gasteiger partial charge in [-0.2, -0.15) is 5.26 Å². The molecule has 0 bridgehead atoms. The molecule has 184 valence electrons. The van der Waals surface area contributed by atoms with Gasteiger partial charge in [0.1, 0.15) is 28.9 Å². The van der Waals surface area contributed by atoms with E-state index in [1.165, 1.54) is 11.0 Å². The second-order valence-corrected chi connectivity index (χ2v) is 9.61. The molecule has 0 saturated heterocycles. The molecule has 0 aromatic heterocycles. The fraction of sp³-hybridized carbons (Fsp3) is 0.417. The predicted octanol–water partition coefficient (Wildman–Crippen LogP) is 0.0583.